The third-order valence-corrected chi connectivity index (χ3v) is 3.35. The van der Waals surface area contributed by atoms with Crippen molar-refractivity contribution in [2.45, 2.75) is 0 Å². The molecule has 0 amide bonds. The van der Waals surface area contributed by atoms with Crippen LogP contribution in [0, 0.1) is 0 Å². The summed E-state index contributed by atoms with van der Waals surface area (Å²) in [4.78, 5) is 12.3. The maximum absolute atomic E-state index is 12.3. The van der Waals surface area contributed by atoms with E-state index in [2.05, 4.69) is 15.9 Å². The predicted octanol–water partition coefficient (Wildman–Crippen LogP) is 4.34. The second-order valence-electron chi connectivity index (χ2n) is 3.68. The number of hydrogen-bond acceptors (Lipinski definition) is 2. The summed E-state index contributed by atoms with van der Waals surface area (Å²) in [7, 11) is 1.59. The van der Waals surface area contributed by atoms with Gasteiger partial charge in [0.05, 0.1) is 12.1 Å². The molecular weight excluding hydrogens is 316 g/mol. The maximum Gasteiger partial charge on any atom is 0.194 e. The van der Waals surface area contributed by atoms with E-state index in [0.717, 1.165) is 4.47 Å². The summed E-state index contributed by atoms with van der Waals surface area (Å²) in [5, 5.41) is 0.444. The summed E-state index contributed by atoms with van der Waals surface area (Å²) in [6.07, 6.45) is 0. The molecule has 0 heterocycles. The molecule has 0 aromatic heterocycles. The van der Waals surface area contributed by atoms with Crippen LogP contribution in [0.2, 0.25) is 5.02 Å². The van der Waals surface area contributed by atoms with E-state index in [1.54, 1.807) is 49.6 Å². The molecule has 0 saturated heterocycles. The highest BCUT2D eigenvalue weighted by Crippen LogP contribution is 2.24. The van der Waals surface area contributed by atoms with Crippen LogP contribution in [0.25, 0.3) is 0 Å². The zero-order valence-corrected chi connectivity index (χ0v) is 12.0. The molecule has 4 heteroatoms. The third-order valence-electron chi connectivity index (χ3n) is 2.53. The number of carbonyl (C=O) groups is 1. The Morgan fingerprint density at radius 1 is 1.17 bits per heavy atom. The minimum Gasteiger partial charge on any atom is -0.497 e. The molecule has 18 heavy (non-hydrogen) atoms. The van der Waals surface area contributed by atoms with Gasteiger partial charge in [-0.25, -0.2) is 0 Å². The Bertz CT molecular complexity index is 579. The molecule has 0 saturated carbocycles. The molecule has 2 rings (SSSR count). The number of benzene rings is 2. The molecule has 0 spiro atoms. The Morgan fingerprint density at radius 3 is 2.44 bits per heavy atom. The third kappa shape index (κ3) is 2.74. The highest BCUT2D eigenvalue weighted by Gasteiger charge is 2.13. The summed E-state index contributed by atoms with van der Waals surface area (Å²) in [5.41, 5.74) is 1.06. The van der Waals surface area contributed by atoms with E-state index in [-0.39, 0.29) is 5.78 Å². The van der Waals surface area contributed by atoms with Gasteiger partial charge in [0, 0.05) is 15.6 Å². The molecule has 0 N–H and O–H groups in total. The highest BCUT2D eigenvalue weighted by molar-refractivity contribution is 9.10. The van der Waals surface area contributed by atoms with Crippen molar-refractivity contribution in [3.63, 3.8) is 0 Å². The van der Waals surface area contributed by atoms with E-state index in [9.17, 15) is 4.79 Å². The second kappa shape index (κ2) is 5.55. The van der Waals surface area contributed by atoms with Crippen LogP contribution in [0.1, 0.15) is 15.9 Å². The Hall–Kier alpha value is -1.32. The van der Waals surface area contributed by atoms with E-state index in [1.807, 2.05) is 0 Å². The van der Waals surface area contributed by atoms with Crippen molar-refractivity contribution >= 4 is 33.3 Å². The highest BCUT2D eigenvalue weighted by atomic mass is 79.9. The van der Waals surface area contributed by atoms with Gasteiger partial charge in [0.2, 0.25) is 0 Å². The first-order valence-corrected chi connectivity index (χ1v) is 6.42. The number of methoxy groups -OCH3 is 1. The fraction of sp³-hybridized carbons (Fsp3) is 0.0714. The fourth-order valence-corrected chi connectivity index (χ4v) is 2.13. The quantitative estimate of drug-likeness (QED) is 0.785. The molecule has 0 radical (unpaired) electrons. The number of hydrogen-bond donors (Lipinski definition) is 0. The van der Waals surface area contributed by atoms with Crippen LogP contribution < -0.4 is 4.74 Å². The van der Waals surface area contributed by atoms with Crippen molar-refractivity contribution in [3.05, 3.63) is 63.1 Å². The Labute approximate surface area is 119 Å². The van der Waals surface area contributed by atoms with Crippen LogP contribution in [0.5, 0.6) is 5.75 Å². The van der Waals surface area contributed by atoms with E-state index in [4.69, 9.17) is 16.3 Å². The minimum atomic E-state index is -0.107. The van der Waals surface area contributed by atoms with Crippen molar-refractivity contribution in [2.75, 3.05) is 7.11 Å². The summed E-state index contributed by atoms with van der Waals surface area (Å²) in [6.45, 7) is 0. The Balaban J connectivity index is 2.38. The summed E-state index contributed by atoms with van der Waals surface area (Å²) < 4.78 is 5.88. The van der Waals surface area contributed by atoms with Crippen molar-refractivity contribution < 1.29 is 9.53 Å². The van der Waals surface area contributed by atoms with Crippen LogP contribution in [-0.2, 0) is 0 Å². The predicted molar refractivity (Wildman–Crippen MR) is 75.6 cm³/mol. The lowest BCUT2D eigenvalue weighted by Crippen LogP contribution is -2.02. The van der Waals surface area contributed by atoms with Crippen molar-refractivity contribution in [2.24, 2.45) is 0 Å². The standard InChI is InChI=1S/C14H10BrClO2/c1-18-11-5-2-9(3-6-11)14(17)12-8-10(15)4-7-13(12)16/h2-8H,1H3. The van der Waals surface area contributed by atoms with Gasteiger partial charge in [0.15, 0.2) is 5.78 Å². The molecule has 0 bridgehead atoms. The molecular formula is C14H10BrClO2. The van der Waals surface area contributed by atoms with Gasteiger partial charge in [-0.05, 0) is 42.5 Å². The normalized spacial score (nSPS) is 10.2. The van der Waals surface area contributed by atoms with Gasteiger partial charge >= 0.3 is 0 Å². The van der Waals surface area contributed by atoms with Crippen molar-refractivity contribution in [3.8, 4) is 5.75 Å². The van der Waals surface area contributed by atoms with Gasteiger partial charge in [-0.2, -0.15) is 0 Å². The van der Waals surface area contributed by atoms with Crippen LogP contribution in [0.15, 0.2) is 46.9 Å². The molecule has 2 nitrogen and oxygen atoms in total. The average Bonchev–Trinajstić information content (AvgIpc) is 2.41. The van der Waals surface area contributed by atoms with Gasteiger partial charge in [0.25, 0.3) is 0 Å². The number of ether oxygens (including phenoxy) is 1. The smallest absolute Gasteiger partial charge is 0.194 e. The van der Waals surface area contributed by atoms with Crippen LogP contribution in [-0.4, -0.2) is 12.9 Å². The largest absolute Gasteiger partial charge is 0.497 e. The number of ketones is 1. The first kappa shape index (κ1) is 13.1. The van der Waals surface area contributed by atoms with Gasteiger partial charge < -0.3 is 4.74 Å². The molecule has 0 aliphatic rings. The molecule has 0 aliphatic heterocycles. The minimum absolute atomic E-state index is 0.107. The lowest BCUT2D eigenvalue weighted by atomic mass is 10.0. The molecule has 2 aromatic carbocycles. The molecule has 0 aliphatic carbocycles. The lowest BCUT2D eigenvalue weighted by molar-refractivity contribution is 0.103. The second-order valence-corrected chi connectivity index (χ2v) is 5.00. The SMILES string of the molecule is COc1ccc(C(=O)c2cc(Br)ccc2Cl)cc1. The molecule has 0 atom stereocenters. The topological polar surface area (TPSA) is 26.3 Å². The Morgan fingerprint density at radius 2 is 1.83 bits per heavy atom. The van der Waals surface area contributed by atoms with E-state index >= 15 is 0 Å². The number of halogens is 2. The number of carbonyl (C=O) groups excluding carboxylic acids is 1. The number of rotatable bonds is 3. The molecule has 0 unspecified atom stereocenters. The van der Waals surface area contributed by atoms with Gasteiger partial charge in [-0.15, -0.1) is 0 Å². The monoisotopic (exact) mass is 324 g/mol. The van der Waals surface area contributed by atoms with Gasteiger partial charge in [-0.1, -0.05) is 27.5 Å². The van der Waals surface area contributed by atoms with Crippen LogP contribution >= 0.6 is 27.5 Å². The Kier molecular flexibility index (Phi) is 4.04. The summed E-state index contributed by atoms with van der Waals surface area (Å²) >= 11 is 9.36. The van der Waals surface area contributed by atoms with Gasteiger partial charge in [0.1, 0.15) is 5.75 Å². The molecule has 2 aromatic rings. The van der Waals surface area contributed by atoms with Gasteiger partial charge in [-0.3, -0.25) is 4.79 Å². The first-order valence-electron chi connectivity index (χ1n) is 5.25. The van der Waals surface area contributed by atoms with E-state index < -0.39 is 0 Å². The van der Waals surface area contributed by atoms with Crippen LogP contribution in [0.4, 0.5) is 0 Å². The molecule has 0 fully saturated rings. The van der Waals surface area contributed by atoms with E-state index in [0.29, 0.717) is 21.9 Å². The van der Waals surface area contributed by atoms with Crippen molar-refractivity contribution in [1.82, 2.24) is 0 Å². The van der Waals surface area contributed by atoms with Crippen LogP contribution in [0.3, 0.4) is 0 Å². The lowest BCUT2D eigenvalue weighted by Gasteiger charge is -2.05. The molecule has 92 valence electrons. The average molecular weight is 326 g/mol. The zero-order chi connectivity index (χ0) is 13.1. The summed E-state index contributed by atoms with van der Waals surface area (Å²) in [5.74, 6) is 0.607. The fourth-order valence-electron chi connectivity index (χ4n) is 1.57. The maximum atomic E-state index is 12.3. The van der Waals surface area contributed by atoms with Crippen molar-refractivity contribution in [1.29, 1.82) is 0 Å². The first-order chi connectivity index (χ1) is 8.61. The zero-order valence-electron chi connectivity index (χ0n) is 9.61. The summed E-state index contributed by atoms with van der Waals surface area (Å²) in [6, 6.07) is 12.2. The van der Waals surface area contributed by atoms with E-state index in [1.165, 1.54) is 0 Å².